The Kier molecular flexibility index (Phi) is 3.58. The van der Waals surface area contributed by atoms with Gasteiger partial charge in [-0.1, -0.05) is 31.5 Å². The van der Waals surface area contributed by atoms with Crippen molar-refractivity contribution in [1.82, 2.24) is 0 Å². The first kappa shape index (κ1) is 13.0. The summed E-state index contributed by atoms with van der Waals surface area (Å²) >= 11 is 5.74. The van der Waals surface area contributed by atoms with Crippen LogP contribution < -0.4 is 0 Å². The Morgan fingerprint density at radius 1 is 1.50 bits per heavy atom. The lowest BCUT2D eigenvalue weighted by Gasteiger charge is -2.24. The van der Waals surface area contributed by atoms with E-state index in [0.717, 1.165) is 5.56 Å². The van der Waals surface area contributed by atoms with Crippen LogP contribution in [-0.4, -0.2) is 11.1 Å². The number of halogens is 2. The standard InChI is InChI=1S/C12H14ClFO2/c1-7-4-8(5-9(13)11(7)14)12(2,3)6-10(15)16/h4-5H,6H2,1-3H3,(H,15,16). The fraction of sp³-hybridized carbons (Fsp3) is 0.417. The highest BCUT2D eigenvalue weighted by Gasteiger charge is 2.25. The Morgan fingerprint density at radius 2 is 2.06 bits per heavy atom. The van der Waals surface area contributed by atoms with Crippen LogP contribution >= 0.6 is 11.6 Å². The zero-order valence-corrected chi connectivity index (χ0v) is 10.2. The molecule has 16 heavy (non-hydrogen) atoms. The average Bonchev–Trinajstić information content (AvgIpc) is 2.11. The van der Waals surface area contributed by atoms with Crippen molar-refractivity contribution in [1.29, 1.82) is 0 Å². The fourth-order valence-corrected chi connectivity index (χ4v) is 1.86. The molecule has 0 aliphatic heterocycles. The van der Waals surface area contributed by atoms with E-state index in [-0.39, 0.29) is 11.4 Å². The summed E-state index contributed by atoms with van der Waals surface area (Å²) in [4.78, 5) is 10.7. The first-order valence-corrected chi connectivity index (χ1v) is 5.30. The van der Waals surface area contributed by atoms with Gasteiger partial charge >= 0.3 is 5.97 Å². The molecule has 0 heterocycles. The lowest BCUT2D eigenvalue weighted by atomic mass is 9.81. The fourth-order valence-electron chi connectivity index (χ4n) is 1.60. The summed E-state index contributed by atoms with van der Waals surface area (Å²) in [5, 5.41) is 8.83. The van der Waals surface area contributed by atoms with Crippen molar-refractivity contribution in [2.75, 3.05) is 0 Å². The third kappa shape index (κ3) is 2.73. The van der Waals surface area contributed by atoms with Crippen LogP contribution in [0.2, 0.25) is 5.02 Å². The Bertz CT molecular complexity index is 404. The Balaban J connectivity index is 3.18. The summed E-state index contributed by atoms with van der Waals surface area (Å²) in [5.74, 6) is -1.33. The summed E-state index contributed by atoms with van der Waals surface area (Å²) in [6.07, 6.45) is -0.0194. The first-order valence-electron chi connectivity index (χ1n) is 4.92. The molecule has 0 saturated carbocycles. The second-order valence-electron chi connectivity index (χ2n) is 4.54. The van der Waals surface area contributed by atoms with Crippen molar-refractivity contribution < 1.29 is 14.3 Å². The van der Waals surface area contributed by atoms with E-state index >= 15 is 0 Å². The molecule has 1 aromatic carbocycles. The van der Waals surface area contributed by atoms with Crippen LogP contribution in [0, 0.1) is 12.7 Å². The van der Waals surface area contributed by atoms with E-state index in [1.807, 2.05) is 0 Å². The molecule has 0 spiro atoms. The number of carboxylic acid groups (broad SMARTS) is 1. The summed E-state index contributed by atoms with van der Waals surface area (Å²) in [5.41, 5.74) is 0.605. The number of hydrogen-bond acceptors (Lipinski definition) is 1. The number of aliphatic carboxylic acids is 1. The van der Waals surface area contributed by atoms with Gasteiger partial charge in [0, 0.05) is 5.41 Å². The van der Waals surface area contributed by atoms with Crippen LogP contribution in [0.1, 0.15) is 31.4 Å². The van der Waals surface area contributed by atoms with Crippen molar-refractivity contribution >= 4 is 17.6 Å². The minimum Gasteiger partial charge on any atom is -0.481 e. The second kappa shape index (κ2) is 4.42. The van der Waals surface area contributed by atoms with Gasteiger partial charge in [0.2, 0.25) is 0 Å². The highest BCUT2D eigenvalue weighted by Crippen LogP contribution is 2.31. The molecule has 0 fully saturated rings. The lowest BCUT2D eigenvalue weighted by molar-refractivity contribution is -0.138. The molecule has 0 amide bonds. The van der Waals surface area contributed by atoms with Crippen molar-refractivity contribution in [2.45, 2.75) is 32.6 Å². The molecule has 0 atom stereocenters. The molecule has 2 nitrogen and oxygen atoms in total. The molecule has 0 saturated heterocycles. The number of aryl methyl sites for hydroxylation is 1. The quantitative estimate of drug-likeness (QED) is 0.883. The predicted molar refractivity (Wildman–Crippen MR) is 61.4 cm³/mol. The molecule has 0 aliphatic carbocycles. The molecular weight excluding hydrogens is 231 g/mol. The molecule has 0 aliphatic rings. The van der Waals surface area contributed by atoms with Gasteiger partial charge in [0.1, 0.15) is 5.82 Å². The van der Waals surface area contributed by atoms with Gasteiger partial charge in [0.05, 0.1) is 11.4 Å². The largest absolute Gasteiger partial charge is 0.481 e. The van der Waals surface area contributed by atoms with Crippen LogP contribution in [-0.2, 0) is 10.2 Å². The summed E-state index contributed by atoms with van der Waals surface area (Å²) in [7, 11) is 0. The van der Waals surface area contributed by atoms with Crippen molar-refractivity contribution in [3.05, 3.63) is 34.1 Å². The third-order valence-electron chi connectivity index (χ3n) is 2.58. The zero-order valence-electron chi connectivity index (χ0n) is 9.47. The molecular formula is C12H14ClFO2. The van der Waals surface area contributed by atoms with E-state index in [1.54, 1.807) is 26.8 Å². The molecule has 0 aromatic heterocycles. The summed E-state index contributed by atoms with van der Waals surface area (Å²) in [6, 6.07) is 3.14. The third-order valence-corrected chi connectivity index (χ3v) is 2.86. The normalized spacial score (nSPS) is 11.6. The maximum Gasteiger partial charge on any atom is 0.304 e. The number of hydrogen-bond donors (Lipinski definition) is 1. The van der Waals surface area contributed by atoms with Crippen LogP contribution in [0.25, 0.3) is 0 Å². The molecule has 4 heteroatoms. The number of carboxylic acids is 1. The van der Waals surface area contributed by atoms with Gasteiger partial charge in [-0.25, -0.2) is 4.39 Å². The SMILES string of the molecule is Cc1cc(C(C)(C)CC(=O)O)cc(Cl)c1F. The van der Waals surface area contributed by atoms with Crippen LogP contribution in [0.15, 0.2) is 12.1 Å². The minimum atomic E-state index is -0.886. The number of carbonyl (C=O) groups is 1. The molecule has 1 rings (SSSR count). The topological polar surface area (TPSA) is 37.3 Å². The first-order chi connectivity index (χ1) is 7.24. The van der Waals surface area contributed by atoms with E-state index in [4.69, 9.17) is 16.7 Å². The van der Waals surface area contributed by atoms with Gasteiger partial charge in [0.25, 0.3) is 0 Å². The molecule has 1 aromatic rings. The molecule has 0 bridgehead atoms. The zero-order chi connectivity index (χ0) is 12.5. The van der Waals surface area contributed by atoms with Gasteiger partial charge in [-0.2, -0.15) is 0 Å². The van der Waals surface area contributed by atoms with Gasteiger partial charge < -0.3 is 5.11 Å². The van der Waals surface area contributed by atoms with E-state index in [9.17, 15) is 9.18 Å². The lowest BCUT2D eigenvalue weighted by Crippen LogP contribution is -2.22. The smallest absolute Gasteiger partial charge is 0.304 e. The maximum atomic E-state index is 13.3. The second-order valence-corrected chi connectivity index (χ2v) is 4.95. The predicted octanol–water partition coefficient (Wildman–Crippen LogP) is 3.54. The van der Waals surface area contributed by atoms with Crippen molar-refractivity contribution in [2.24, 2.45) is 0 Å². The van der Waals surface area contributed by atoms with Gasteiger partial charge in [-0.15, -0.1) is 0 Å². The van der Waals surface area contributed by atoms with Crippen LogP contribution in [0.4, 0.5) is 4.39 Å². The van der Waals surface area contributed by atoms with Crippen LogP contribution in [0.3, 0.4) is 0 Å². The number of rotatable bonds is 3. The maximum absolute atomic E-state index is 13.3. The molecule has 0 radical (unpaired) electrons. The Hall–Kier alpha value is -1.09. The van der Waals surface area contributed by atoms with E-state index in [0.29, 0.717) is 5.56 Å². The summed E-state index contributed by atoms with van der Waals surface area (Å²) in [6.45, 7) is 5.20. The highest BCUT2D eigenvalue weighted by atomic mass is 35.5. The van der Waals surface area contributed by atoms with Gasteiger partial charge in [-0.3, -0.25) is 4.79 Å². The van der Waals surface area contributed by atoms with Gasteiger partial charge in [0.15, 0.2) is 0 Å². The van der Waals surface area contributed by atoms with Gasteiger partial charge in [-0.05, 0) is 24.1 Å². The Labute approximate surface area is 99.0 Å². The van der Waals surface area contributed by atoms with E-state index in [2.05, 4.69) is 0 Å². The number of benzene rings is 1. The average molecular weight is 245 g/mol. The van der Waals surface area contributed by atoms with E-state index < -0.39 is 17.2 Å². The van der Waals surface area contributed by atoms with Crippen molar-refractivity contribution in [3.8, 4) is 0 Å². The highest BCUT2D eigenvalue weighted by molar-refractivity contribution is 6.30. The van der Waals surface area contributed by atoms with Crippen molar-refractivity contribution in [3.63, 3.8) is 0 Å². The minimum absolute atomic E-state index is 0.0194. The monoisotopic (exact) mass is 244 g/mol. The molecule has 0 unspecified atom stereocenters. The molecule has 88 valence electrons. The Morgan fingerprint density at radius 3 is 2.50 bits per heavy atom. The molecule has 1 N–H and O–H groups in total. The van der Waals surface area contributed by atoms with E-state index in [1.165, 1.54) is 6.07 Å². The van der Waals surface area contributed by atoms with Crippen LogP contribution in [0.5, 0.6) is 0 Å². The summed E-state index contributed by atoms with van der Waals surface area (Å²) < 4.78 is 13.3.